The number of anilines is 1. The van der Waals surface area contributed by atoms with E-state index in [0.717, 1.165) is 5.69 Å². The van der Waals surface area contributed by atoms with Crippen LogP contribution in [0.3, 0.4) is 0 Å². The van der Waals surface area contributed by atoms with Crippen LogP contribution in [0.15, 0.2) is 53.4 Å². The summed E-state index contributed by atoms with van der Waals surface area (Å²) < 4.78 is 6.96. The van der Waals surface area contributed by atoms with Crippen molar-refractivity contribution in [3.8, 4) is 22.3 Å². The van der Waals surface area contributed by atoms with E-state index in [9.17, 15) is 4.79 Å². The van der Waals surface area contributed by atoms with Gasteiger partial charge in [-0.3, -0.25) is 9.48 Å². The van der Waals surface area contributed by atoms with Gasteiger partial charge < -0.3 is 9.73 Å². The molecule has 1 aromatic carbocycles. The second-order valence-corrected chi connectivity index (χ2v) is 6.78. The van der Waals surface area contributed by atoms with Gasteiger partial charge in [-0.15, -0.1) is 0 Å². The monoisotopic (exact) mass is 385 g/mol. The Labute approximate surface area is 157 Å². The number of nitrogens with zero attached hydrogens (tertiary/aromatic N) is 4. The maximum Gasteiger partial charge on any atom is 0.257 e. The second-order valence-electron chi connectivity index (χ2n) is 5.34. The van der Waals surface area contributed by atoms with Crippen molar-refractivity contribution in [1.82, 2.24) is 19.7 Å². The van der Waals surface area contributed by atoms with Crippen molar-refractivity contribution in [2.24, 2.45) is 7.05 Å². The summed E-state index contributed by atoms with van der Waals surface area (Å²) in [6.45, 7) is 0. The molecule has 0 bridgehead atoms. The van der Waals surface area contributed by atoms with Gasteiger partial charge in [0.2, 0.25) is 5.89 Å². The molecule has 0 saturated carbocycles. The van der Waals surface area contributed by atoms with Gasteiger partial charge in [0, 0.05) is 7.05 Å². The molecule has 0 atom stereocenters. The predicted octanol–water partition coefficient (Wildman–Crippen LogP) is 4.10. The topological polar surface area (TPSA) is 85.8 Å². The number of aromatic nitrogens is 4. The molecule has 7 nitrogen and oxygen atoms in total. The zero-order valence-corrected chi connectivity index (χ0v) is 15.1. The predicted molar refractivity (Wildman–Crippen MR) is 99.2 cm³/mol. The number of aryl methyl sites for hydroxylation is 1. The van der Waals surface area contributed by atoms with Gasteiger partial charge in [0.25, 0.3) is 5.91 Å². The summed E-state index contributed by atoms with van der Waals surface area (Å²) in [6.07, 6.45) is 4.66. The van der Waals surface area contributed by atoms with Crippen LogP contribution in [-0.2, 0) is 7.05 Å². The van der Waals surface area contributed by atoms with Crippen LogP contribution in [0.1, 0.15) is 10.4 Å². The molecule has 0 aliphatic carbocycles. The normalized spacial score (nSPS) is 10.8. The third-order valence-electron chi connectivity index (χ3n) is 3.61. The van der Waals surface area contributed by atoms with E-state index in [4.69, 9.17) is 16.0 Å². The Hall–Kier alpha value is -2.97. The lowest BCUT2D eigenvalue weighted by atomic mass is 10.2. The number of halogens is 1. The third-order valence-corrected chi connectivity index (χ3v) is 4.88. The summed E-state index contributed by atoms with van der Waals surface area (Å²) in [5.74, 6) is 0.159. The minimum atomic E-state index is -0.281. The molecule has 0 unspecified atom stereocenters. The van der Waals surface area contributed by atoms with Crippen LogP contribution in [0.25, 0.3) is 22.3 Å². The molecule has 0 aliphatic heterocycles. The fourth-order valence-corrected chi connectivity index (χ4v) is 3.48. The van der Waals surface area contributed by atoms with Crippen LogP contribution in [0.4, 0.5) is 5.00 Å². The average Bonchev–Trinajstić information content (AvgIpc) is 3.35. The van der Waals surface area contributed by atoms with Gasteiger partial charge in [-0.05, 0) is 18.2 Å². The molecular formula is C17H12ClN5O2S. The number of thiazole rings is 1. The molecule has 9 heteroatoms. The summed E-state index contributed by atoms with van der Waals surface area (Å²) in [7, 11) is 1.81. The van der Waals surface area contributed by atoms with Crippen molar-refractivity contribution in [2.45, 2.75) is 0 Å². The molecule has 4 aromatic rings. The molecule has 0 radical (unpaired) electrons. The maximum absolute atomic E-state index is 12.4. The number of oxazole rings is 1. The molecule has 0 spiro atoms. The molecule has 0 fully saturated rings. The van der Waals surface area contributed by atoms with Gasteiger partial charge in [-0.25, -0.2) is 9.97 Å². The van der Waals surface area contributed by atoms with Crippen molar-refractivity contribution in [3.05, 3.63) is 59.6 Å². The number of rotatable bonds is 4. The highest BCUT2D eigenvalue weighted by atomic mass is 35.5. The standard InChI is InChI=1S/C17H12ClN5O2S/c1-23-13(8-12(22-23)16-19-6-7-25-16)17-20-9-14(26-17)21-15(24)10-4-2-3-5-11(10)18/h2-9H,1H3,(H,21,24). The van der Waals surface area contributed by atoms with Gasteiger partial charge in [0.05, 0.1) is 28.7 Å². The number of hydrogen-bond donors (Lipinski definition) is 1. The summed E-state index contributed by atoms with van der Waals surface area (Å²) in [5, 5.41) is 8.93. The molecule has 0 aliphatic rings. The van der Waals surface area contributed by atoms with E-state index in [0.29, 0.717) is 32.2 Å². The molecule has 3 aromatic heterocycles. The molecule has 3 heterocycles. The number of carbonyl (C=O) groups excluding carboxylic acids is 1. The lowest BCUT2D eigenvalue weighted by Gasteiger charge is -2.03. The highest BCUT2D eigenvalue weighted by Crippen LogP contribution is 2.31. The van der Waals surface area contributed by atoms with Crippen molar-refractivity contribution in [2.75, 3.05) is 5.32 Å². The smallest absolute Gasteiger partial charge is 0.257 e. The largest absolute Gasteiger partial charge is 0.443 e. The Bertz CT molecular complexity index is 1070. The lowest BCUT2D eigenvalue weighted by molar-refractivity contribution is 0.102. The first kappa shape index (κ1) is 16.5. The molecule has 130 valence electrons. The van der Waals surface area contributed by atoms with Crippen molar-refractivity contribution in [3.63, 3.8) is 0 Å². The molecule has 4 rings (SSSR count). The molecule has 26 heavy (non-hydrogen) atoms. The van der Waals surface area contributed by atoms with E-state index < -0.39 is 0 Å². The zero-order valence-electron chi connectivity index (χ0n) is 13.5. The second kappa shape index (κ2) is 6.74. The minimum absolute atomic E-state index is 0.281. The first-order valence-electron chi connectivity index (χ1n) is 7.58. The fraction of sp³-hybridized carbons (Fsp3) is 0.0588. The SMILES string of the molecule is Cn1nc(-c2ncco2)cc1-c1ncc(NC(=O)c2ccccc2Cl)s1. The Kier molecular flexibility index (Phi) is 4.27. The van der Waals surface area contributed by atoms with E-state index in [1.54, 1.807) is 41.3 Å². The van der Waals surface area contributed by atoms with E-state index in [1.807, 2.05) is 13.1 Å². The summed E-state index contributed by atoms with van der Waals surface area (Å²) in [5.41, 5.74) is 1.82. The van der Waals surface area contributed by atoms with Gasteiger partial charge in [0.1, 0.15) is 22.0 Å². The number of carbonyl (C=O) groups is 1. The van der Waals surface area contributed by atoms with Crippen LogP contribution in [-0.4, -0.2) is 25.7 Å². The minimum Gasteiger partial charge on any atom is -0.443 e. The van der Waals surface area contributed by atoms with E-state index in [1.165, 1.54) is 17.6 Å². The summed E-state index contributed by atoms with van der Waals surface area (Å²) in [4.78, 5) is 20.8. The van der Waals surface area contributed by atoms with Gasteiger partial charge in [-0.1, -0.05) is 35.1 Å². The maximum atomic E-state index is 12.4. The lowest BCUT2D eigenvalue weighted by Crippen LogP contribution is -2.11. The Balaban J connectivity index is 1.57. The number of amides is 1. The molecule has 1 amide bonds. The van der Waals surface area contributed by atoms with Crippen LogP contribution < -0.4 is 5.32 Å². The van der Waals surface area contributed by atoms with Crippen LogP contribution in [0.5, 0.6) is 0 Å². The molecule has 0 saturated heterocycles. The van der Waals surface area contributed by atoms with Crippen LogP contribution in [0.2, 0.25) is 5.02 Å². The van der Waals surface area contributed by atoms with E-state index in [-0.39, 0.29) is 5.91 Å². The van der Waals surface area contributed by atoms with Gasteiger partial charge in [-0.2, -0.15) is 5.10 Å². The average molecular weight is 386 g/mol. The first-order valence-corrected chi connectivity index (χ1v) is 8.77. The van der Waals surface area contributed by atoms with E-state index >= 15 is 0 Å². The number of hydrogen-bond acceptors (Lipinski definition) is 6. The van der Waals surface area contributed by atoms with Crippen LogP contribution >= 0.6 is 22.9 Å². The molecular weight excluding hydrogens is 374 g/mol. The first-order chi connectivity index (χ1) is 12.6. The summed E-state index contributed by atoms with van der Waals surface area (Å²) >= 11 is 7.40. The molecule has 1 N–H and O–H groups in total. The third kappa shape index (κ3) is 3.12. The van der Waals surface area contributed by atoms with Crippen molar-refractivity contribution in [1.29, 1.82) is 0 Å². The van der Waals surface area contributed by atoms with Gasteiger partial charge in [0.15, 0.2) is 0 Å². The zero-order chi connectivity index (χ0) is 18.1. The van der Waals surface area contributed by atoms with Crippen molar-refractivity contribution >= 4 is 33.8 Å². The Morgan fingerprint density at radius 3 is 2.92 bits per heavy atom. The fourth-order valence-electron chi connectivity index (χ4n) is 2.40. The Morgan fingerprint density at radius 2 is 2.15 bits per heavy atom. The highest BCUT2D eigenvalue weighted by Gasteiger charge is 2.16. The van der Waals surface area contributed by atoms with Crippen LogP contribution in [0, 0.1) is 0 Å². The van der Waals surface area contributed by atoms with Gasteiger partial charge >= 0.3 is 0 Å². The Morgan fingerprint density at radius 1 is 1.31 bits per heavy atom. The summed E-state index contributed by atoms with van der Waals surface area (Å²) in [6, 6.07) is 8.72. The number of nitrogens with one attached hydrogen (secondary N) is 1. The number of benzene rings is 1. The van der Waals surface area contributed by atoms with Crippen molar-refractivity contribution < 1.29 is 9.21 Å². The highest BCUT2D eigenvalue weighted by molar-refractivity contribution is 7.19. The quantitative estimate of drug-likeness (QED) is 0.571. The van der Waals surface area contributed by atoms with E-state index in [2.05, 4.69) is 20.4 Å².